The van der Waals surface area contributed by atoms with Crippen LogP contribution in [0.3, 0.4) is 0 Å². The molecule has 2 amide bonds. The molecule has 0 aromatic heterocycles. The Labute approximate surface area is 230 Å². The highest BCUT2D eigenvalue weighted by Gasteiger charge is 2.56. The maximum absolute atomic E-state index is 14.9. The monoisotopic (exact) mass is 581 g/mol. The number of carbonyl (C=O) groups excluding carboxylic acids is 2. The standard InChI is InChI=1S/C28H31F4N3O4S/c1-14(2)33-22-9-7-18(40(3,38)39)13-20(22)27(37)35-23-10-16(23)11-24(35)26(36)34-25(15-4-5-15)19-8-6-17(12-21(19)29)28(30,31)32/h6-9,12-16,23-25,33H,4-5,10-11H2,1-3H3,(H,34,36)/t16-,23-,24-,25-/m1/s1. The number of alkyl halides is 3. The van der Waals surface area contributed by atoms with Crippen molar-refractivity contribution in [1.82, 2.24) is 10.2 Å². The van der Waals surface area contributed by atoms with Gasteiger partial charge in [-0.3, -0.25) is 9.59 Å². The predicted molar refractivity (Wildman–Crippen MR) is 140 cm³/mol. The van der Waals surface area contributed by atoms with Gasteiger partial charge in [0.1, 0.15) is 11.9 Å². The molecule has 3 fully saturated rings. The molecule has 3 aliphatic rings. The summed E-state index contributed by atoms with van der Waals surface area (Å²) in [6, 6.07) is 4.65. The second-order valence-corrected chi connectivity index (χ2v) is 13.4. The molecule has 4 atom stereocenters. The average molecular weight is 582 g/mol. The van der Waals surface area contributed by atoms with Crippen molar-refractivity contribution in [3.05, 3.63) is 58.9 Å². The molecule has 2 N–H and O–H groups in total. The molecule has 0 unspecified atom stereocenters. The van der Waals surface area contributed by atoms with E-state index in [-0.39, 0.29) is 39.9 Å². The summed E-state index contributed by atoms with van der Waals surface area (Å²) < 4.78 is 78.5. The first-order chi connectivity index (χ1) is 18.6. The molecule has 216 valence electrons. The zero-order valence-corrected chi connectivity index (χ0v) is 23.1. The van der Waals surface area contributed by atoms with Crippen molar-refractivity contribution >= 4 is 27.3 Å². The smallest absolute Gasteiger partial charge is 0.382 e. The highest BCUT2D eigenvalue weighted by atomic mass is 32.2. The topological polar surface area (TPSA) is 95.6 Å². The van der Waals surface area contributed by atoms with Crippen molar-refractivity contribution in [2.75, 3.05) is 11.6 Å². The van der Waals surface area contributed by atoms with Gasteiger partial charge in [0.2, 0.25) is 5.91 Å². The van der Waals surface area contributed by atoms with Crippen molar-refractivity contribution < 1.29 is 35.6 Å². The van der Waals surface area contributed by atoms with Gasteiger partial charge in [0.05, 0.1) is 22.1 Å². The number of hydrogen-bond acceptors (Lipinski definition) is 5. The lowest BCUT2D eigenvalue weighted by molar-refractivity contribution is -0.137. The highest BCUT2D eigenvalue weighted by Crippen LogP contribution is 2.49. The lowest BCUT2D eigenvalue weighted by atomic mass is 9.98. The highest BCUT2D eigenvalue weighted by molar-refractivity contribution is 7.90. The number of likely N-dealkylation sites (tertiary alicyclic amines) is 1. The van der Waals surface area contributed by atoms with Gasteiger partial charge in [-0.2, -0.15) is 13.2 Å². The maximum Gasteiger partial charge on any atom is 0.416 e. The molecule has 0 bridgehead atoms. The van der Waals surface area contributed by atoms with Crippen LogP contribution in [-0.4, -0.2) is 49.5 Å². The molecule has 0 spiro atoms. The summed E-state index contributed by atoms with van der Waals surface area (Å²) >= 11 is 0. The van der Waals surface area contributed by atoms with E-state index in [1.807, 2.05) is 13.8 Å². The van der Waals surface area contributed by atoms with Gasteiger partial charge in [-0.15, -0.1) is 0 Å². The van der Waals surface area contributed by atoms with Crippen LogP contribution >= 0.6 is 0 Å². The van der Waals surface area contributed by atoms with Gasteiger partial charge in [-0.1, -0.05) is 6.07 Å². The Morgan fingerprint density at radius 2 is 1.75 bits per heavy atom. The molecular weight excluding hydrogens is 550 g/mol. The van der Waals surface area contributed by atoms with Gasteiger partial charge in [-0.25, -0.2) is 12.8 Å². The molecular formula is C28H31F4N3O4S. The molecule has 2 saturated carbocycles. The zero-order chi connectivity index (χ0) is 29.1. The van der Waals surface area contributed by atoms with Gasteiger partial charge in [0, 0.05) is 29.6 Å². The lowest BCUT2D eigenvalue weighted by Crippen LogP contribution is -2.49. The van der Waals surface area contributed by atoms with Gasteiger partial charge in [-0.05, 0) is 81.7 Å². The second kappa shape index (κ2) is 10.0. The molecule has 5 rings (SSSR count). The van der Waals surface area contributed by atoms with E-state index in [9.17, 15) is 35.6 Å². The van der Waals surface area contributed by atoms with E-state index in [0.29, 0.717) is 37.4 Å². The molecule has 40 heavy (non-hydrogen) atoms. The van der Waals surface area contributed by atoms with E-state index < -0.39 is 51.3 Å². The Kier molecular flexibility index (Phi) is 7.12. The number of amides is 2. The largest absolute Gasteiger partial charge is 0.416 e. The number of carbonyl (C=O) groups is 2. The van der Waals surface area contributed by atoms with Crippen LogP contribution in [0.2, 0.25) is 0 Å². The molecule has 1 aliphatic heterocycles. The van der Waals surface area contributed by atoms with Crippen LogP contribution in [0.1, 0.15) is 67.1 Å². The summed E-state index contributed by atoms with van der Waals surface area (Å²) in [4.78, 5) is 29.0. The van der Waals surface area contributed by atoms with Gasteiger partial charge in [0.25, 0.3) is 5.91 Å². The Hall–Kier alpha value is -3.15. The fraction of sp³-hybridized carbons (Fsp3) is 0.500. The number of anilines is 1. The minimum atomic E-state index is -4.69. The molecule has 12 heteroatoms. The van der Waals surface area contributed by atoms with Crippen LogP contribution in [0, 0.1) is 17.7 Å². The summed E-state index contributed by atoms with van der Waals surface area (Å²) in [6.07, 6.45) is -1.16. The Morgan fingerprint density at radius 3 is 2.33 bits per heavy atom. The first-order valence-corrected chi connectivity index (χ1v) is 15.1. The van der Waals surface area contributed by atoms with E-state index in [1.54, 1.807) is 0 Å². The summed E-state index contributed by atoms with van der Waals surface area (Å²) in [5.41, 5.74) is -0.550. The maximum atomic E-state index is 14.9. The van der Waals surface area contributed by atoms with Crippen LogP contribution in [-0.2, 0) is 20.8 Å². The molecule has 2 aromatic rings. The first kappa shape index (κ1) is 28.4. The minimum Gasteiger partial charge on any atom is -0.382 e. The van der Waals surface area contributed by atoms with E-state index >= 15 is 0 Å². The van der Waals surface area contributed by atoms with Crippen LogP contribution in [0.4, 0.5) is 23.2 Å². The van der Waals surface area contributed by atoms with Gasteiger partial charge in [0.15, 0.2) is 9.84 Å². The van der Waals surface area contributed by atoms with Gasteiger partial charge < -0.3 is 15.5 Å². The molecule has 2 aromatic carbocycles. The van der Waals surface area contributed by atoms with Crippen molar-refractivity contribution in [3.8, 4) is 0 Å². The quantitative estimate of drug-likeness (QED) is 0.431. The lowest BCUT2D eigenvalue weighted by Gasteiger charge is -2.30. The van der Waals surface area contributed by atoms with Crippen molar-refractivity contribution in [1.29, 1.82) is 0 Å². The van der Waals surface area contributed by atoms with E-state index in [4.69, 9.17) is 0 Å². The third-order valence-electron chi connectivity index (χ3n) is 7.79. The molecule has 1 heterocycles. The molecule has 7 nitrogen and oxygen atoms in total. The van der Waals surface area contributed by atoms with Crippen molar-refractivity contribution in [3.63, 3.8) is 0 Å². The number of fused-ring (bicyclic) bond motifs is 1. The second-order valence-electron chi connectivity index (χ2n) is 11.4. The molecule has 1 saturated heterocycles. The number of rotatable bonds is 8. The normalized spacial score (nSPS) is 23.1. The van der Waals surface area contributed by atoms with Crippen LogP contribution in [0.15, 0.2) is 41.3 Å². The van der Waals surface area contributed by atoms with E-state index in [0.717, 1.165) is 18.4 Å². The number of nitrogens with one attached hydrogen (secondary N) is 2. The number of benzene rings is 2. The number of hydrogen-bond donors (Lipinski definition) is 2. The van der Waals surface area contributed by atoms with Crippen LogP contribution in [0.25, 0.3) is 0 Å². The van der Waals surface area contributed by atoms with Gasteiger partial charge >= 0.3 is 6.18 Å². The fourth-order valence-corrected chi connectivity index (χ4v) is 6.22. The summed E-state index contributed by atoms with van der Waals surface area (Å²) in [6.45, 7) is 3.75. The van der Waals surface area contributed by atoms with E-state index in [2.05, 4.69) is 10.6 Å². The summed E-state index contributed by atoms with van der Waals surface area (Å²) in [5.74, 6) is -2.04. The Morgan fingerprint density at radius 1 is 1.05 bits per heavy atom. The third-order valence-corrected chi connectivity index (χ3v) is 8.90. The van der Waals surface area contributed by atoms with Crippen LogP contribution in [0.5, 0.6) is 0 Å². The average Bonchev–Trinajstić information content (AvgIpc) is 3.79. The number of sulfone groups is 1. The van der Waals surface area contributed by atoms with Crippen molar-refractivity contribution in [2.24, 2.45) is 11.8 Å². The number of halogens is 4. The fourth-order valence-electron chi connectivity index (χ4n) is 5.57. The third kappa shape index (κ3) is 5.68. The number of piperidine rings is 1. The molecule has 2 aliphatic carbocycles. The summed E-state index contributed by atoms with van der Waals surface area (Å²) in [5, 5.41) is 5.99. The molecule has 0 radical (unpaired) electrons. The first-order valence-electron chi connectivity index (χ1n) is 13.3. The Balaban J connectivity index is 1.42. The van der Waals surface area contributed by atoms with Crippen molar-refractivity contribution in [2.45, 2.75) is 74.8 Å². The minimum absolute atomic E-state index is 0.0193. The number of nitrogens with zero attached hydrogens (tertiary/aromatic N) is 1. The van der Waals surface area contributed by atoms with E-state index in [1.165, 1.54) is 23.1 Å². The zero-order valence-electron chi connectivity index (χ0n) is 22.3. The summed E-state index contributed by atoms with van der Waals surface area (Å²) in [7, 11) is -3.61. The predicted octanol–water partition coefficient (Wildman–Crippen LogP) is 4.94. The Bertz CT molecular complexity index is 1460. The van der Waals surface area contributed by atoms with Crippen LogP contribution < -0.4 is 10.6 Å². The SMILES string of the molecule is CC(C)Nc1ccc(S(C)(=O)=O)cc1C(=O)N1[C@@H](C(=O)N[C@@H](c2ccc(C(F)(F)F)cc2F)C2CC2)C[C@H]2C[C@H]21.